The lowest BCUT2D eigenvalue weighted by molar-refractivity contribution is -0.123. The molecule has 3 amide bonds. The first-order valence-electron chi connectivity index (χ1n) is 12.2. The molecular formula is C31H26N2O4S. The number of hydrogen-bond acceptors (Lipinski definition) is 5. The van der Waals surface area contributed by atoms with Crippen LogP contribution in [0.25, 0.3) is 16.8 Å². The lowest BCUT2D eigenvalue weighted by Crippen LogP contribution is -2.27. The third-order valence-corrected chi connectivity index (χ3v) is 7.16. The monoisotopic (exact) mass is 522 g/mol. The average Bonchev–Trinajstić information content (AvgIpc) is 3.17. The number of hydrogen-bond donors (Lipinski definition) is 1. The number of fused-ring (bicyclic) bond motifs is 1. The summed E-state index contributed by atoms with van der Waals surface area (Å²) in [7, 11) is 0. The summed E-state index contributed by atoms with van der Waals surface area (Å²) >= 11 is 0.901. The Labute approximate surface area is 225 Å². The fourth-order valence-corrected chi connectivity index (χ4v) is 5.14. The van der Waals surface area contributed by atoms with Gasteiger partial charge in [0.2, 0.25) is 0 Å². The van der Waals surface area contributed by atoms with Crippen molar-refractivity contribution in [3.05, 3.63) is 112 Å². The van der Waals surface area contributed by atoms with Gasteiger partial charge in [0.25, 0.3) is 17.1 Å². The largest absolute Gasteiger partial charge is 0.483 e. The van der Waals surface area contributed by atoms with Crippen molar-refractivity contribution in [3.63, 3.8) is 0 Å². The van der Waals surface area contributed by atoms with Gasteiger partial charge in [-0.25, -0.2) is 0 Å². The van der Waals surface area contributed by atoms with E-state index in [4.69, 9.17) is 4.74 Å². The van der Waals surface area contributed by atoms with Crippen LogP contribution in [0.2, 0.25) is 0 Å². The maximum atomic E-state index is 13.1. The number of aryl methyl sites for hydroxylation is 2. The van der Waals surface area contributed by atoms with Crippen LogP contribution < -0.4 is 10.1 Å². The first-order valence-corrected chi connectivity index (χ1v) is 13.0. The molecule has 0 spiro atoms. The average molecular weight is 523 g/mol. The van der Waals surface area contributed by atoms with E-state index in [-0.39, 0.29) is 30.2 Å². The number of thioether (sulfide) groups is 1. The van der Waals surface area contributed by atoms with Crippen LogP contribution in [0.5, 0.6) is 5.75 Å². The normalized spacial score (nSPS) is 14.4. The van der Waals surface area contributed by atoms with E-state index in [2.05, 4.69) is 5.32 Å². The molecule has 4 aromatic carbocycles. The summed E-state index contributed by atoms with van der Waals surface area (Å²) in [5.41, 5.74) is 4.32. The van der Waals surface area contributed by atoms with E-state index >= 15 is 0 Å². The van der Waals surface area contributed by atoms with Gasteiger partial charge in [0.15, 0.2) is 6.61 Å². The van der Waals surface area contributed by atoms with Crippen LogP contribution in [0, 0.1) is 13.8 Å². The first kappa shape index (κ1) is 25.3. The van der Waals surface area contributed by atoms with E-state index in [1.54, 1.807) is 24.3 Å². The third kappa shape index (κ3) is 5.63. The fourth-order valence-electron chi connectivity index (χ4n) is 4.31. The Morgan fingerprint density at radius 2 is 1.68 bits per heavy atom. The molecule has 0 unspecified atom stereocenters. The van der Waals surface area contributed by atoms with Crippen molar-refractivity contribution >= 4 is 51.4 Å². The molecule has 1 aliphatic rings. The van der Waals surface area contributed by atoms with Gasteiger partial charge < -0.3 is 10.1 Å². The van der Waals surface area contributed by atoms with Crippen molar-refractivity contribution in [2.24, 2.45) is 0 Å². The Balaban J connectivity index is 1.27. The minimum Gasteiger partial charge on any atom is -0.483 e. The molecule has 0 radical (unpaired) electrons. The van der Waals surface area contributed by atoms with Gasteiger partial charge >= 0.3 is 0 Å². The summed E-state index contributed by atoms with van der Waals surface area (Å²) in [4.78, 5) is 39.9. The molecule has 4 aromatic rings. The highest BCUT2D eigenvalue weighted by Crippen LogP contribution is 2.35. The van der Waals surface area contributed by atoms with Crippen LogP contribution in [0.15, 0.2) is 89.8 Å². The zero-order valence-corrected chi connectivity index (χ0v) is 21.9. The number of carbonyl (C=O) groups is 3. The molecule has 0 aliphatic carbocycles. The van der Waals surface area contributed by atoms with Gasteiger partial charge in [0, 0.05) is 11.3 Å². The Bertz CT molecular complexity index is 1590. The molecule has 0 aromatic heterocycles. The Hall–Kier alpha value is -4.36. The number of anilines is 1. The van der Waals surface area contributed by atoms with Crippen molar-refractivity contribution in [3.8, 4) is 5.75 Å². The minimum absolute atomic E-state index is 0.193. The number of ether oxygens (including phenoxy) is 1. The van der Waals surface area contributed by atoms with E-state index in [1.807, 2.05) is 80.6 Å². The number of amides is 3. The zero-order chi connectivity index (χ0) is 26.6. The van der Waals surface area contributed by atoms with Crippen molar-refractivity contribution in [2.45, 2.75) is 20.4 Å². The van der Waals surface area contributed by atoms with Gasteiger partial charge in [0.1, 0.15) is 5.75 Å². The van der Waals surface area contributed by atoms with Gasteiger partial charge in [-0.2, -0.15) is 0 Å². The number of carbonyl (C=O) groups excluding carboxylic acids is 3. The first-order chi connectivity index (χ1) is 18.4. The molecule has 1 saturated heterocycles. The molecular weight excluding hydrogens is 496 g/mol. The molecule has 0 saturated carbocycles. The molecule has 5 rings (SSSR count). The van der Waals surface area contributed by atoms with Gasteiger partial charge in [-0.15, -0.1) is 0 Å². The van der Waals surface area contributed by atoms with Crippen LogP contribution in [-0.2, 0) is 16.1 Å². The highest BCUT2D eigenvalue weighted by Gasteiger charge is 2.35. The smallest absolute Gasteiger partial charge is 0.293 e. The summed E-state index contributed by atoms with van der Waals surface area (Å²) < 4.78 is 5.79. The second-order valence-corrected chi connectivity index (χ2v) is 10.1. The maximum absolute atomic E-state index is 13.1. The molecule has 0 bridgehead atoms. The van der Waals surface area contributed by atoms with E-state index < -0.39 is 0 Å². The van der Waals surface area contributed by atoms with Crippen LogP contribution in [0.1, 0.15) is 22.3 Å². The Morgan fingerprint density at radius 1 is 0.921 bits per heavy atom. The zero-order valence-electron chi connectivity index (χ0n) is 21.1. The SMILES string of the molecule is Cc1ccc(NC(=O)COc2ccccc2/C=C2\SC(=O)N(Cc3ccc4ccccc4c3)C2=O)c(C)c1. The molecule has 1 N–H and O–H groups in total. The van der Waals surface area contributed by atoms with Gasteiger partial charge in [-0.05, 0) is 71.8 Å². The maximum Gasteiger partial charge on any atom is 0.293 e. The van der Waals surface area contributed by atoms with Crippen molar-refractivity contribution in [1.29, 1.82) is 0 Å². The molecule has 1 fully saturated rings. The number of rotatable bonds is 7. The van der Waals surface area contributed by atoms with Crippen LogP contribution >= 0.6 is 11.8 Å². The molecule has 0 atom stereocenters. The Morgan fingerprint density at radius 3 is 2.50 bits per heavy atom. The molecule has 38 heavy (non-hydrogen) atoms. The number of imide groups is 1. The predicted octanol–water partition coefficient (Wildman–Crippen LogP) is 6.71. The number of nitrogens with one attached hydrogen (secondary N) is 1. The summed E-state index contributed by atoms with van der Waals surface area (Å²) in [6, 6.07) is 26.8. The fraction of sp³-hybridized carbons (Fsp3) is 0.129. The molecule has 6 nitrogen and oxygen atoms in total. The number of para-hydroxylation sites is 1. The molecule has 1 aliphatic heterocycles. The summed E-state index contributed by atoms with van der Waals surface area (Å²) in [6.45, 7) is 3.94. The Kier molecular flexibility index (Phi) is 7.29. The standard InChI is InChI=1S/C31H26N2O4S/c1-20-11-14-26(21(2)15-20)32-29(34)19-37-27-10-6-5-9-25(27)17-28-30(35)33(31(36)38-28)18-22-12-13-23-7-3-4-8-24(23)16-22/h3-17H,18-19H2,1-2H3,(H,32,34)/b28-17-. The van der Waals surface area contributed by atoms with Crippen LogP contribution in [0.4, 0.5) is 10.5 Å². The van der Waals surface area contributed by atoms with Crippen LogP contribution in [0.3, 0.4) is 0 Å². The third-order valence-electron chi connectivity index (χ3n) is 6.25. The summed E-state index contributed by atoms with van der Waals surface area (Å²) in [6.07, 6.45) is 1.64. The van der Waals surface area contributed by atoms with Crippen molar-refractivity contribution in [1.82, 2.24) is 4.90 Å². The van der Waals surface area contributed by atoms with Gasteiger partial charge in [0.05, 0.1) is 11.4 Å². The van der Waals surface area contributed by atoms with E-state index in [0.29, 0.717) is 16.2 Å². The second-order valence-electron chi connectivity index (χ2n) is 9.14. The minimum atomic E-state index is -0.351. The molecule has 7 heteroatoms. The summed E-state index contributed by atoms with van der Waals surface area (Å²) in [5.74, 6) is -0.192. The molecule has 190 valence electrons. The second kappa shape index (κ2) is 10.9. The van der Waals surface area contributed by atoms with Gasteiger partial charge in [-0.3, -0.25) is 19.3 Å². The number of benzene rings is 4. The topological polar surface area (TPSA) is 75.7 Å². The highest BCUT2D eigenvalue weighted by atomic mass is 32.2. The van der Waals surface area contributed by atoms with Gasteiger partial charge in [-0.1, -0.05) is 72.3 Å². The van der Waals surface area contributed by atoms with Crippen LogP contribution in [-0.4, -0.2) is 28.6 Å². The molecule has 1 heterocycles. The van der Waals surface area contributed by atoms with E-state index in [0.717, 1.165) is 44.9 Å². The van der Waals surface area contributed by atoms with Crippen molar-refractivity contribution in [2.75, 3.05) is 11.9 Å². The predicted molar refractivity (Wildman–Crippen MR) is 152 cm³/mol. The highest BCUT2D eigenvalue weighted by molar-refractivity contribution is 8.18. The quantitative estimate of drug-likeness (QED) is 0.273. The van der Waals surface area contributed by atoms with E-state index in [1.165, 1.54) is 4.90 Å². The lowest BCUT2D eigenvalue weighted by atomic mass is 10.1. The summed E-state index contributed by atoms with van der Waals surface area (Å²) in [5, 5.41) is 4.70. The lowest BCUT2D eigenvalue weighted by Gasteiger charge is -2.13. The number of nitrogens with zero attached hydrogens (tertiary/aromatic N) is 1. The van der Waals surface area contributed by atoms with E-state index in [9.17, 15) is 14.4 Å². The van der Waals surface area contributed by atoms with Crippen molar-refractivity contribution < 1.29 is 19.1 Å².